The first kappa shape index (κ1) is 13.2. The summed E-state index contributed by atoms with van der Waals surface area (Å²) in [5.74, 6) is 1.72. The zero-order valence-corrected chi connectivity index (χ0v) is 10.7. The molecular formula is C11H18N2O2S. The Labute approximate surface area is 100 Å². The predicted octanol–water partition coefficient (Wildman–Crippen LogP) is 1.43. The van der Waals surface area contributed by atoms with Crippen molar-refractivity contribution in [2.24, 2.45) is 5.73 Å². The van der Waals surface area contributed by atoms with Gasteiger partial charge in [0, 0.05) is 18.8 Å². The molecule has 4 nitrogen and oxygen atoms in total. The molecule has 0 aliphatic rings. The maximum atomic E-state index is 5.41. The number of nitrogens with two attached hydrogens (primary N) is 1. The van der Waals surface area contributed by atoms with Gasteiger partial charge >= 0.3 is 0 Å². The first-order valence-corrected chi connectivity index (χ1v) is 6.19. The van der Waals surface area contributed by atoms with E-state index in [2.05, 4.69) is 5.32 Å². The molecule has 0 bridgehead atoms. The van der Waals surface area contributed by atoms with E-state index in [1.807, 2.05) is 18.4 Å². The maximum Gasteiger partial charge on any atom is 0.132 e. The maximum absolute atomic E-state index is 5.41. The first-order valence-electron chi connectivity index (χ1n) is 4.96. The molecule has 0 aliphatic carbocycles. The number of hydrogen-bond acceptors (Lipinski definition) is 5. The van der Waals surface area contributed by atoms with Crippen molar-refractivity contribution in [2.45, 2.75) is 11.4 Å². The van der Waals surface area contributed by atoms with E-state index in [-0.39, 0.29) is 0 Å². The summed E-state index contributed by atoms with van der Waals surface area (Å²) in [7, 11) is 3.33. The fourth-order valence-corrected chi connectivity index (χ4v) is 2.01. The van der Waals surface area contributed by atoms with E-state index in [4.69, 9.17) is 15.2 Å². The fraction of sp³-hybridized carbons (Fsp3) is 0.455. The van der Waals surface area contributed by atoms with Gasteiger partial charge in [-0.2, -0.15) is 0 Å². The van der Waals surface area contributed by atoms with Gasteiger partial charge in [0.1, 0.15) is 11.5 Å². The molecule has 0 spiro atoms. The molecule has 5 heteroatoms. The minimum Gasteiger partial charge on any atom is -0.496 e. The summed E-state index contributed by atoms with van der Waals surface area (Å²) in [5, 5.41) is 3.06. The number of ether oxygens (including phenoxy) is 2. The molecule has 0 atom stereocenters. The first-order chi connectivity index (χ1) is 7.76. The Kier molecular flexibility index (Phi) is 5.45. The van der Waals surface area contributed by atoms with Crippen LogP contribution >= 0.6 is 11.8 Å². The third-order valence-corrected chi connectivity index (χ3v) is 3.01. The van der Waals surface area contributed by atoms with Crippen LogP contribution in [0.1, 0.15) is 5.56 Å². The second kappa shape index (κ2) is 6.62. The standard InChI is InChI=1S/C11H18N2O2S/c1-14-9-5-11(16-3)10(15-2)4-8(9)6-13-7-12/h4-5,13H,6-7,12H2,1-3H3. The van der Waals surface area contributed by atoms with Crippen molar-refractivity contribution in [1.29, 1.82) is 0 Å². The lowest BCUT2D eigenvalue weighted by Crippen LogP contribution is -2.21. The van der Waals surface area contributed by atoms with Gasteiger partial charge in [0.05, 0.1) is 19.1 Å². The average Bonchev–Trinajstić information content (AvgIpc) is 2.35. The van der Waals surface area contributed by atoms with E-state index in [1.165, 1.54) is 0 Å². The van der Waals surface area contributed by atoms with Gasteiger partial charge in [-0.15, -0.1) is 11.8 Å². The summed E-state index contributed by atoms with van der Waals surface area (Å²) < 4.78 is 10.7. The summed E-state index contributed by atoms with van der Waals surface area (Å²) >= 11 is 1.63. The van der Waals surface area contributed by atoms with Crippen LogP contribution < -0.4 is 20.5 Å². The highest BCUT2D eigenvalue weighted by molar-refractivity contribution is 7.98. The van der Waals surface area contributed by atoms with E-state index in [0.717, 1.165) is 22.0 Å². The van der Waals surface area contributed by atoms with Crippen LogP contribution in [0.15, 0.2) is 17.0 Å². The molecule has 0 aliphatic heterocycles. The van der Waals surface area contributed by atoms with Gasteiger partial charge in [0.15, 0.2) is 0 Å². The number of rotatable bonds is 6. The molecule has 3 N–H and O–H groups in total. The summed E-state index contributed by atoms with van der Waals surface area (Å²) in [6.45, 7) is 1.11. The molecule has 16 heavy (non-hydrogen) atoms. The van der Waals surface area contributed by atoms with Gasteiger partial charge in [-0.25, -0.2) is 0 Å². The number of nitrogens with one attached hydrogen (secondary N) is 1. The van der Waals surface area contributed by atoms with Gasteiger partial charge < -0.3 is 20.5 Å². The Bertz CT molecular complexity index is 345. The van der Waals surface area contributed by atoms with Crippen molar-refractivity contribution in [3.63, 3.8) is 0 Å². The minimum atomic E-state index is 0.440. The van der Waals surface area contributed by atoms with Crippen LogP contribution in [-0.4, -0.2) is 27.1 Å². The Morgan fingerprint density at radius 2 is 1.94 bits per heavy atom. The van der Waals surface area contributed by atoms with Crippen molar-refractivity contribution in [1.82, 2.24) is 5.32 Å². The molecule has 0 fully saturated rings. The van der Waals surface area contributed by atoms with Crippen LogP contribution in [-0.2, 0) is 6.54 Å². The molecular weight excluding hydrogens is 224 g/mol. The third kappa shape index (κ3) is 3.04. The third-order valence-electron chi connectivity index (χ3n) is 2.25. The van der Waals surface area contributed by atoms with Crippen molar-refractivity contribution in [2.75, 3.05) is 27.1 Å². The second-order valence-electron chi connectivity index (χ2n) is 3.15. The molecule has 0 heterocycles. The number of thioether (sulfide) groups is 1. The normalized spacial score (nSPS) is 10.2. The molecule has 0 aromatic heterocycles. The molecule has 0 saturated carbocycles. The summed E-state index contributed by atoms with van der Waals surface area (Å²) in [5.41, 5.74) is 6.45. The van der Waals surface area contributed by atoms with Gasteiger partial charge in [-0.1, -0.05) is 0 Å². The molecule has 90 valence electrons. The molecule has 0 unspecified atom stereocenters. The van der Waals surface area contributed by atoms with Gasteiger partial charge in [0.25, 0.3) is 0 Å². The summed E-state index contributed by atoms with van der Waals surface area (Å²) in [6, 6.07) is 3.96. The SMILES string of the molecule is COc1cc(SC)c(OC)cc1CNCN. The lowest BCUT2D eigenvalue weighted by molar-refractivity contribution is 0.389. The number of methoxy groups -OCH3 is 2. The number of benzene rings is 1. The monoisotopic (exact) mass is 242 g/mol. The lowest BCUT2D eigenvalue weighted by atomic mass is 10.2. The van der Waals surface area contributed by atoms with Crippen molar-refractivity contribution in [3.8, 4) is 11.5 Å². The van der Waals surface area contributed by atoms with Gasteiger partial charge in [-0.05, 0) is 18.4 Å². The molecule has 0 radical (unpaired) electrons. The highest BCUT2D eigenvalue weighted by Gasteiger charge is 2.09. The predicted molar refractivity (Wildman–Crippen MR) is 67.2 cm³/mol. The van der Waals surface area contributed by atoms with Gasteiger partial charge in [-0.3, -0.25) is 0 Å². The van der Waals surface area contributed by atoms with Crippen LogP contribution in [0.2, 0.25) is 0 Å². The zero-order chi connectivity index (χ0) is 12.0. The molecule has 0 amide bonds. The highest BCUT2D eigenvalue weighted by Crippen LogP contribution is 2.34. The second-order valence-corrected chi connectivity index (χ2v) is 4.00. The van der Waals surface area contributed by atoms with E-state index in [1.54, 1.807) is 26.0 Å². The Balaban J connectivity index is 3.05. The average molecular weight is 242 g/mol. The van der Waals surface area contributed by atoms with Crippen molar-refractivity contribution >= 4 is 11.8 Å². The Morgan fingerprint density at radius 1 is 1.25 bits per heavy atom. The van der Waals surface area contributed by atoms with Crippen LogP contribution in [0.3, 0.4) is 0 Å². The van der Waals surface area contributed by atoms with Crippen molar-refractivity contribution < 1.29 is 9.47 Å². The van der Waals surface area contributed by atoms with Crippen molar-refractivity contribution in [3.05, 3.63) is 17.7 Å². The van der Waals surface area contributed by atoms with E-state index < -0.39 is 0 Å². The van der Waals surface area contributed by atoms with E-state index >= 15 is 0 Å². The smallest absolute Gasteiger partial charge is 0.132 e. The molecule has 1 aromatic carbocycles. The summed E-state index contributed by atoms with van der Waals surface area (Å²) in [6.07, 6.45) is 2.01. The zero-order valence-electron chi connectivity index (χ0n) is 9.87. The highest BCUT2D eigenvalue weighted by atomic mass is 32.2. The van der Waals surface area contributed by atoms with E-state index in [0.29, 0.717) is 13.2 Å². The molecule has 1 aromatic rings. The minimum absolute atomic E-state index is 0.440. The molecule has 0 saturated heterocycles. The van der Waals surface area contributed by atoms with Crippen LogP contribution in [0.4, 0.5) is 0 Å². The van der Waals surface area contributed by atoms with Crippen LogP contribution in [0.25, 0.3) is 0 Å². The van der Waals surface area contributed by atoms with Crippen LogP contribution in [0, 0.1) is 0 Å². The van der Waals surface area contributed by atoms with Gasteiger partial charge in [0.2, 0.25) is 0 Å². The van der Waals surface area contributed by atoms with E-state index in [9.17, 15) is 0 Å². The van der Waals surface area contributed by atoms with Crippen LogP contribution in [0.5, 0.6) is 11.5 Å². The topological polar surface area (TPSA) is 56.5 Å². The Hall–Kier alpha value is -0.910. The summed E-state index contributed by atoms with van der Waals surface area (Å²) in [4.78, 5) is 1.07. The number of hydrogen-bond donors (Lipinski definition) is 2. The largest absolute Gasteiger partial charge is 0.496 e. The molecule has 1 rings (SSSR count). The lowest BCUT2D eigenvalue weighted by Gasteiger charge is -2.13. The Morgan fingerprint density at radius 3 is 2.44 bits per heavy atom. The fourth-order valence-electron chi connectivity index (χ4n) is 1.44. The quantitative estimate of drug-likeness (QED) is 0.584.